The van der Waals surface area contributed by atoms with E-state index in [0.717, 1.165) is 0 Å². The van der Waals surface area contributed by atoms with Crippen LogP contribution in [0.15, 0.2) is 0 Å². The van der Waals surface area contributed by atoms with Crippen LogP contribution in [0, 0.1) is 5.92 Å². The Labute approximate surface area is 198 Å². The monoisotopic (exact) mass is 494 g/mol. The Morgan fingerprint density at radius 1 is 0.971 bits per heavy atom. The predicted octanol–water partition coefficient (Wildman–Crippen LogP) is -2.64. The average molecular weight is 495 g/mol. The van der Waals surface area contributed by atoms with Crippen molar-refractivity contribution < 1.29 is 54.0 Å². The van der Waals surface area contributed by atoms with Crippen molar-refractivity contribution >= 4 is 6.09 Å². The van der Waals surface area contributed by atoms with Gasteiger partial charge in [-0.15, -0.1) is 0 Å². The summed E-state index contributed by atoms with van der Waals surface area (Å²) >= 11 is 0. The standard InChI is InChI=1S/C21H38N2O11/c1-23(2)7-6-22-21(29)31-10-13-11-5-3-4-8-30-19-17(28)15(26)18(12(9-24)32-19)34-20(33-13)16(27)14(11)25/h11-20,24-28H,3-10H2,1-2H3,(H,22,29)/t11-,12?,13?,14+,15-,16?,17?,18-,19-,20+/m1/s1. The first-order valence-corrected chi connectivity index (χ1v) is 11.7. The molecule has 13 heteroatoms. The fourth-order valence-electron chi connectivity index (χ4n) is 4.41. The molecule has 0 saturated carbocycles. The summed E-state index contributed by atoms with van der Waals surface area (Å²) < 4.78 is 28.0. The molecule has 6 aliphatic rings. The van der Waals surface area contributed by atoms with Gasteiger partial charge in [0.05, 0.1) is 12.7 Å². The van der Waals surface area contributed by atoms with Crippen LogP contribution in [0.5, 0.6) is 0 Å². The molecule has 6 fully saturated rings. The van der Waals surface area contributed by atoms with E-state index >= 15 is 0 Å². The van der Waals surface area contributed by atoms with Crippen molar-refractivity contribution in [3.63, 3.8) is 0 Å². The summed E-state index contributed by atoms with van der Waals surface area (Å²) in [5.74, 6) is -0.551. The predicted molar refractivity (Wildman–Crippen MR) is 115 cm³/mol. The van der Waals surface area contributed by atoms with Gasteiger partial charge < -0.3 is 59.4 Å². The molecule has 6 aliphatic heterocycles. The second kappa shape index (κ2) is 12.7. The smallest absolute Gasteiger partial charge is 0.407 e. The van der Waals surface area contributed by atoms with Gasteiger partial charge in [-0.1, -0.05) is 6.42 Å². The lowest BCUT2D eigenvalue weighted by atomic mass is 9.85. The molecule has 0 aromatic carbocycles. The number of hydrogen-bond acceptors (Lipinski definition) is 12. The zero-order valence-electron chi connectivity index (χ0n) is 19.6. The number of amides is 1. The number of nitrogens with zero attached hydrogens (tertiary/aromatic N) is 1. The van der Waals surface area contributed by atoms with Crippen LogP contribution in [-0.4, -0.2) is 139 Å². The van der Waals surface area contributed by atoms with Crippen LogP contribution in [0.25, 0.3) is 0 Å². The molecule has 1 amide bonds. The number of hydrogen-bond donors (Lipinski definition) is 6. The highest BCUT2D eigenvalue weighted by Crippen LogP contribution is 2.34. The molecule has 10 atom stereocenters. The summed E-state index contributed by atoms with van der Waals surface area (Å²) in [6.07, 6.45) is -10.5. The molecule has 198 valence electrons. The summed E-state index contributed by atoms with van der Waals surface area (Å²) in [5.41, 5.74) is 0. The van der Waals surface area contributed by atoms with Crippen molar-refractivity contribution in [2.45, 2.75) is 74.6 Å². The largest absolute Gasteiger partial charge is 0.447 e. The van der Waals surface area contributed by atoms with Gasteiger partial charge in [0, 0.05) is 25.6 Å². The number of aliphatic hydroxyl groups is 5. The number of carbonyl (C=O) groups is 1. The molecule has 4 bridgehead atoms. The molecule has 0 aliphatic carbocycles. The number of rotatable bonds is 6. The third-order valence-corrected chi connectivity index (χ3v) is 6.39. The number of aliphatic hydroxyl groups excluding tert-OH is 5. The van der Waals surface area contributed by atoms with Gasteiger partial charge in [0.2, 0.25) is 0 Å². The molecule has 6 heterocycles. The van der Waals surface area contributed by atoms with E-state index in [-0.39, 0.29) is 13.2 Å². The van der Waals surface area contributed by atoms with Gasteiger partial charge >= 0.3 is 6.09 Å². The first-order chi connectivity index (χ1) is 16.2. The van der Waals surface area contributed by atoms with Gasteiger partial charge in [-0.3, -0.25) is 0 Å². The number of ether oxygens (including phenoxy) is 5. The third-order valence-electron chi connectivity index (χ3n) is 6.39. The van der Waals surface area contributed by atoms with E-state index in [4.69, 9.17) is 23.7 Å². The van der Waals surface area contributed by atoms with Crippen LogP contribution >= 0.6 is 0 Å². The van der Waals surface area contributed by atoms with Crippen LogP contribution < -0.4 is 5.32 Å². The fraction of sp³-hybridized carbons (Fsp3) is 0.952. The second-order valence-corrected chi connectivity index (χ2v) is 9.19. The van der Waals surface area contributed by atoms with Gasteiger partial charge in [-0.25, -0.2) is 4.79 Å². The average Bonchev–Trinajstić information content (AvgIpc) is 2.80. The van der Waals surface area contributed by atoms with Crippen LogP contribution in [0.3, 0.4) is 0 Å². The van der Waals surface area contributed by atoms with E-state index in [9.17, 15) is 30.3 Å². The lowest BCUT2D eigenvalue weighted by molar-refractivity contribution is -0.357. The molecule has 0 spiro atoms. The summed E-state index contributed by atoms with van der Waals surface area (Å²) in [6.45, 7) is 0.463. The summed E-state index contributed by atoms with van der Waals surface area (Å²) in [5, 5.41) is 54.9. The van der Waals surface area contributed by atoms with E-state index in [1.54, 1.807) is 0 Å². The van der Waals surface area contributed by atoms with Crippen molar-refractivity contribution in [1.82, 2.24) is 10.2 Å². The SMILES string of the molecule is CN(C)CCNC(=O)OCC1O[C@H]2O[C@@H]3C(CO)O[C@@H](OCCCC[C@H]1[C@H](O)C2O)C(O)[C@H]3O. The van der Waals surface area contributed by atoms with E-state index in [0.29, 0.717) is 32.4 Å². The Hall–Kier alpha value is -1.13. The molecule has 6 saturated heterocycles. The highest BCUT2D eigenvalue weighted by molar-refractivity contribution is 5.67. The summed E-state index contributed by atoms with van der Waals surface area (Å²) in [4.78, 5) is 14.0. The number of nitrogens with one attached hydrogen (secondary N) is 1. The molecule has 0 radical (unpaired) electrons. The zero-order chi connectivity index (χ0) is 24.8. The maximum atomic E-state index is 12.1. The number of alkyl carbamates (subject to hydrolysis) is 1. The summed E-state index contributed by atoms with van der Waals surface area (Å²) in [7, 11) is 3.75. The third kappa shape index (κ3) is 6.75. The molecule has 0 aromatic heterocycles. The summed E-state index contributed by atoms with van der Waals surface area (Å²) in [6, 6.07) is 0. The molecular weight excluding hydrogens is 456 g/mol. The minimum atomic E-state index is -1.51. The maximum Gasteiger partial charge on any atom is 0.407 e. The van der Waals surface area contributed by atoms with Crippen molar-refractivity contribution in [3.8, 4) is 0 Å². The molecule has 6 rings (SSSR count). The number of likely N-dealkylation sites (N-methyl/N-ethyl adjacent to an activating group) is 1. The van der Waals surface area contributed by atoms with Crippen molar-refractivity contribution in [2.24, 2.45) is 5.92 Å². The zero-order valence-corrected chi connectivity index (χ0v) is 19.6. The van der Waals surface area contributed by atoms with Gasteiger partial charge in [0.25, 0.3) is 0 Å². The Kier molecular flexibility index (Phi) is 10.3. The first-order valence-electron chi connectivity index (χ1n) is 11.7. The lowest BCUT2D eigenvalue weighted by Gasteiger charge is -2.47. The van der Waals surface area contributed by atoms with E-state index in [2.05, 4.69) is 5.32 Å². The molecule has 6 N–H and O–H groups in total. The lowest BCUT2D eigenvalue weighted by Crippen LogP contribution is -2.64. The van der Waals surface area contributed by atoms with Crippen molar-refractivity contribution in [1.29, 1.82) is 0 Å². The minimum Gasteiger partial charge on any atom is -0.447 e. The molecule has 34 heavy (non-hydrogen) atoms. The Bertz CT molecular complexity index is 640. The maximum absolute atomic E-state index is 12.1. The van der Waals surface area contributed by atoms with E-state index in [1.165, 1.54) is 0 Å². The van der Waals surface area contributed by atoms with Gasteiger partial charge in [0.15, 0.2) is 12.6 Å². The van der Waals surface area contributed by atoms with Crippen molar-refractivity contribution in [3.05, 3.63) is 0 Å². The van der Waals surface area contributed by atoms with Crippen LogP contribution in [0.2, 0.25) is 0 Å². The molecular formula is C21H38N2O11. The number of carbonyl (C=O) groups excluding carboxylic acids is 1. The van der Waals surface area contributed by atoms with E-state index in [1.807, 2.05) is 19.0 Å². The van der Waals surface area contributed by atoms with Gasteiger partial charge in [-0.2, -0.15) is 0 Å². The van der Waals surface area contributed by atoms with Crippen LogP contribution in [0.4, 0.5) is 4.79 Å². The van der Waals surface area contributed by atoms with Crippen molar-refractivity contribution in [2.75, 3.05) is 47.0 Å². The quantitative estimate of drug-likeness (QED) is 0.226. The first kappa shape index (κ1) is 27.5. The minimum absolute atomic E-state index is 0.197. The topological polar surface area (TPSA) is 180 Å². The normalized spacial score (nSPS) is 41.3. The molecule has 0 aromatic rings. The van der Waals surface area contributed by atoms with Gasteiger partial charge in [0.1, 0.15) is 43.2 Å². The highest BCUT2D eigenvalue weighted by Gasteiger charge is 2.51. The molecule has 4 unspecified atom stereocenters. The Balaban J connectivity index is 1.73. The Morgan fingerprint density at radius 2 is 1.68 bits per heavy atom. The Morgan fingerprint density at radius 3 is 2.38 bits per heavy atom. The van der Waals surface area contributed by atoms with E-state index < -0.39 is 73.9 Å². The second-order valence-electron chi connectivity index (χ2n) is 9.19. The highest BCUT2D eigenvalue weighted by atomic mass is 16.7. The van der Waals surface area contributed by atoms with Crippen LogP contribution in [-0.2, 0) is 23.7 Å². The fourth-order valence-corrected chi connectivity index (χ4v) is 4.41. The van der Waals surface area contributed by atoms with Crippen LogP contribution in [0.1, 0.15) is 19.3 Å². The molecule has 13 nitrogen and oxygen atoms in total. The van der Waals surface area contributed by atoms with Gasteiger partial charge in [-0.05, 0) is 26.9 Å².